The predicted molar refractivity (Wildman–Crippen MR) is 49.0 cm³/mol. The van der Waals surface area contributed by atoms with Crippen molar-refractivity contribution in [3.05, 3.63) is 28.2 Å². The zero-order chi connectivity index (χ0) is 9.84. The van der Waals surface area contributed by atoms with E-state index < -0.39 is 5.24 Å². The van der Waals surface area contributed by atoms with Crippen LogP contribution in [-0.2, 0) is 6.54 Å². The number of carbonyl (C=O) groups excluding carboxylic acids is 1. The molecule has 0 fully saturated rings. The molecule has 0 N–H and O–H groups in total. The van der Waals surface area contributed by atoms with Gasteiger partial charge in [-0.05, 0) is 24.1 Å². The smallest absolute Gasteiger partial charge is 0.272 e. The second-order valence-corrected chi connectivity index (χ2v) is 2.90. The number of hydrogen-bond acceptors (Lipinski definition) is 3. The van der Waals surface area contributed by atoms with Gasteiger partial charge in [-0.2, -0.15) is 5.10 Å². The van der Waals surface area contributed by atoms with Crippen LogP contribution in [0.4, 0.5) is 0 Å². The number of halogens is 1. The Morgan fingerprint density at radius 3 is 2.85 bits per heavy atom. The van der Waals surface area contributed by atoms with Crippen LogP contribution in [0.2, 0.25) is 0 Å². The number of nitrogens with zero attached hydrogens (tertiary/aromatic N) is 2. The lowest BCUT2D eigenvalue weighted by molar-refractivity contribution is 0.107. The average molecular weight is 201 g/mol. The van der Waals surface area contributed by atoms with E-state index in [0.29, 0.717) is 6.54 Å². The first-order chi connectivity index (χ1) is 6.15. The van der Waals surface area contributed by atoms with Gasteiger partial charge in [0.2, 0.25) is 0 Å². The summed E-state index contributed by atoms with van der Waals surface area (Å²) in [5.41, 5.74) is -0.113. The van der Waals surface area contributed by atoms with Crippen LogP contribution >= 0.6 is 11.6 Å². The van der Waals surface area contributed by atoms with Gasteiger partial charge in [-0.15, -0.1) is 0 Å². The number of rotatable bonds is 3. The maximum absolute atomic E-state index is 11.1. The first kappa shape index (κ1) is 9.92. The summed E-state index contributed by atoms with van der Waals surface area (Å²) in [6.45, 7) is 2.42. The Morgan fingerprint density at radius 2 is 2.31 bits per heavy atom. The summed E-state index contributed by atoms with van der Waals surface area (Å²) in [6.07, 6.45) is 0.785. The summed E-state index contributed by atoms with van der Waals surface area (Å²) in [5.74, 6) is 0. The largest absolute Gasteiger partial charge is 0.274 e. The van der Waals surface area contributed by atoms with Crippen molar-refractivity contribution in [2.24, 2.45) is 0 Å². The van der Waals surface area contributed by atoms with E-state index >= 15 is 0 Å². The summed E-state index contributed by atoms with van der Waals surface area (Å²) >= 11 is 5.21. The molecule has 0 unspecified atom stereocenters. The van der Waals surface area contributed by atoms with Gasteiger partial charge in [0, 0.05) is 12.6 Å². The lowest BCUT2D eigenvalue weighted by Crippen LogP contribution is -2.23. The summed E-state index contributed by atoms with van der Waals surface area (Å²) in [5, 5.41) is 3.14. The molecule has 0 aliphatic heterocycles. The summed E-state index contributed by atoms with van der Waals surface area (Å²) in [6, 6.07) is 2.61. The molecule has 13 heavy (non-hydrogen) atoms. The molecule has 0 saturated heterocycles. The highest BCUT2D eigenvalue weighted by molar-refractivity contribution is 6.67. The van der Waals surface area contributed by atoms with Gasteiger partial charge in [0.25, 0.3) is 10.8 Å². The Bertz CT molecular complexity index is 373. The van der Waals surface area contributed by atoms with E-state index in [-0.39, 0.29) is 11.3 Å². The second kappa shape index (κ2) is 4.18. The highest BCUT2D eigenvalue weighted by Crippen LogP contribution is 1.96. The second-order valence-electron chi connectivity index (χ2n) is 2.55. The van der Waals surface area contributed by atoms with Crippen LogP contribution in [0.5, 0.6) is 0 Å². The van der Waals surface area contributed by atoms with E-state index in [1.807, 2.05) is 6.92 Å². The third kappa shape index (κ3) is 2.39. The number of hydrogen-bond donors (Lipinski definition) is 0. The van der Waals surface area contributed by atoms with Crippen molar-refractivity contribution < 1.29 is 4.79 Å². The molecule has 1 aromatic rings. The lowest BCUT2D eigenvalue weighted by atomic mass is 10.4. The third-order valence-electron chi connectivity index (χ3n) is 1.50. The van der Waals surface area contributed by atoms with Crippen LogP contribution in [0.1, 0.15) is 23.8 Å². The molecule has 4 nitrogen and oxygen atoms in total. The van der Waals surface area contributed by atoms with Crippen LogP contribution in [0.25, 0.3) is 0 Å². The number of aryl methyl sites for hydroxylation is 1. The fourth-order valence-electron chi connectivity index (χ4n) is 0.926. The predicted octanol–water partition coefficient (Wildman–Crippen LogP) is 1.03. The Hall–Kier alpha value is -1.16. The number of carbonyl (C=O) groups is 1. The van der Waals surface area contributed by atoms with E-state index in [1.54, 1.807) is 0 Å². The molecule has 0 aromatic carbocycles. The fourth-order valence-corrected chi connectivity index (χ4v) is 1.03. The van der Waals surface area contributed by atoms with Crippen LogP contribution in [-0.4, -0.2) is 15.0 Å². The monoisotopic (exact) mass is 200 g/mol. The minimum absolute atomic E-state index is 0.106. The molecule has 0 amide bonds. The standard InChI is InChI=1S/C8H9ClN2O2/c1-2-5-11-7(12)4-3-6(10-11)8(9)13/h3-4H,2,5H2,1H3. The van der Waals surface area contributed by atoms with Crippen LogP contribution in [0, 0.1) is 0 Å². The van der Waals surface area contributed by atoms with Gasteiger partial charge in [-0.3, -0.25) is 9.59 Å². The maximum Gasteiger partial charge on any atom is 0.272 e. The SMILES string of the molecule is CCCn1nc(C(=O)Cl)ccc1=O. The fraction of sp³-hybridized carbons (Fsp3) is 0.375. The molecule has 0 spiro atoms. The van der Waals surface area contributed by atoms with Gasteiger partial charge in [0.05, 0.1) is 0 Å². The normalized spacial score (nSPS) is 10.0. The first-order valence-corrected chi connectivity index (χ1v) is 4.31. The average Bonchev–Trinajstić information content (AvgIpc) is 2.08. The summed E-state index contributed by atoms with van der Waals surface area (Å²) in [7, 11) is 0. The minimum atomic E-state index is -0.648. The van der Waals surface area contributed by atoms with Crippen molar-refractivity contribution >= 4 is 16.8 Å². The molecular weight excluding hydrogens is 192 g/mol. The van der Waals surface area contributed by atoms with Crippen molar-refractivity contribution in [2.75, 3.05) is 0 Å². The Morgan fingerprint density at radius 1 is 1.62 bits per heavy atom. The van der Waals surface area contributed by atoms with E-state index in [1.165, 1.54) is 16.8 Å². The molecule has 0 atom stereocenters. The van der Waals surface area contributed by atoms with Gasteiger partial charge in [-0.1, -0.05) is 6.92 Å². The van der Waals surface area contributed by atoms with Gasteiger partial charge >= 0.3 is 0 Å². The van der Waals surface area contributed by atoms with Crippen molar-refractivity contribution in [1.82, 2.24) is 9.78 Å². The van der Waals surface area contributed by atoms with Crippen molar-refractivity contribution in [1.29, 1.82) is 0 Å². The molecule has 1 rings (SSSR count). The van der Waals surface area contributed by atoms with Gasteiger partial charge in [0.15, 0.2) is 0 Å². The lowest BCUT2D eigenvalue weighted by Gasteiger charge is -2.01. The Balaban J connectivity index is 3.11. The van der Waals surface area contributed by atoms with Crippen molar-refractivity contribution in [3.63, 3.8) is 0 Å². The zero-order valence-electron chi connectivity index (χ0n) is 7.16. The van der Waals surface area contributed by atoms with Gasteiger partial charge < -0.3 is 0 Å². The Kier molecular flexibility index (Phi) is 3.19. The highest BCUT2D eigenvalue weighted by atomic mass is 35.5. The quantitative estimate of drug-likeness (QED) is 0.685. The van der Waals surface area contributed by atoms with Crippen LogP contribution in [0.15, 0.2) is 16.9 Å². The van der Waals surface area contributed by atoms with E-state index in [9.17, 15) is 9.59 Å². The van der Waals surface area contributed by atoms with E-state index in [0.717, 1.165) is 6.42 Å². The molecule has 0 radical (unpaired) electrons. The van der Waals surface area contributed by atoms with Gasteiger partial charge in [-0.25, -0.2) is 4.68 Å². The summed E-state index contributed by atoms with van der Waals surface area (Å²) in [4.78, 5) is 21.8. The molecule has 1 aromatic heterocycles. The van der Waals surface area contributed by atoms with Crippen LogP contribution in [0.3, 0.4) is 0 Å². The molecule has 0 aliphatic rings. The minimum Gasteiger partial charge on any atom is -0.274 e. The van der Waals surface area contributed by atoms with E-state index in [4.69, 9.17) is 11.6 Å². The van der Waals surface area contributed by atoms with Crippen LogP contribution < -0.4 is 5.56 Å². The number of aromatic nitrogens is 2. The molecule has 70 valence electrons. The van der Waals surface area contributed by atoms with E-state index in [2.05, 4.69) is 5.10 Å². The molecule has 5 heteroatoms. The highest BCUT2D eigenvalue weighted by Gasteiger charge is 2.05. The molecule has 0 aliphatic carbocycles. The molecular formula is C8H9ClN2O2. The Labute approximate surface area is 80.1 Å². The third-order valence-corrected chi connectivity index (χ3v) is 1.70. The van der Waals surface area contributed by atoms with Gasteiger partial charge in [0.1, 0.15) is 5.69 Å². The molecule has 0 saturated carbocycles. The topological polar surface area (TPSA) is 52.0 Å². The molecule has 1 heterocycles. The first-order valence-electron chi connectivity index (χ1n) is 3.93. The maximum atomic E-state index is 11.1. The summed E-state index contributed by atoms with van der Waals surface area (Å²) < 4.78 is 1.23. The van der Waals surface area contributed by atoms with Crippen molar-refractivity contribution in [2.45, 2.75) is 19.9 Å². The molecule has 0 bridgehead atoms. The zero-order valence-corrected chi connectivity index (χ0v) is 7.91. The van der Waals surface area contributed by atoms with Crippen molar-refractivity contribution in [3.8, 4) is 0 Å².